The van der Waals surface area contributed by atoms with Gasteiger partial charge in [0.1, 0.15) is 11.9 Å². The maximum absolute atomic E-state index is 6.16. The molecule has 1 unspecified atom stereocenters. The summed E-state index contributed by atoms with van der Waals surface area (Å²) in [6, 6.07) is 6.23. The molecule has 2 heterocycles. The summed E-state index contributed by atoms with van der Waals surface area (Å²) in [5.41, 5.74) is 2.06. The largest absolute Gasteiger partial charge is 0.488 e. The van der Waals surface area contributed by atoms with Crippen LogP contribution in [0, 0.1) is 6.92 Å². The van der Waals surface area contributed by atoms with Crippen LogP contribution in [0.4, 0.5) is 0 Å². The molecule has 1 aliphatic heterocycles. The van der Waals surface area contributed by atoms with E-state index in [2.05, 4.69) is 50.9 Å². The van der Waals surface area contributed by atoms with Gasteiger partial charge in [-0.05, 0) is 18.6 Å². The number of halogens is 1. The lowest BCUT2D eigenvalue weighted by atomic mass is 9.97. The standard InChI is InChI=1S/C21H31N5O3.HI/c1-14-6-7-15(17(10-14)28-16-8-9-27-13-16)11-23-20(22-5)24-12-18-25-19(29-26-18)21(2,3)4;/h6-7,10,16H,8-9,11-13H2,1-5H3,(H2,22,23,24);1H. The lowest BCUT2D eigenvalue weighted by Gasteiger charge is -2.17. The highest BCUT2D eigenvalue weighted by Crippen LogP contribution is 2.24. The molecule has 30 heavy (non-hydrogen) atoms. The summed E-state index contributed by atoms with van der Waals surface area (Å²) in [5, 5.41) is 10.6. The van der Waals surface area contributed by atoms with Gasteiger partial charge in [0.15, 0.2) is 11.8 Å². The minimum absolute atomic E-state index is 0. The maximum Gasteiger partial charge on any atom is 0.232 e. The number of ether oxygens (including phenoxy) is 2. The highest BCUT2D eigenvalue weighted by molar-refractivity contribution is 14.0. The van der Waals surface area contributed by atoms with Crippen LogP contribution in [0.1, 0.15) is 50.0 Å². The van der Waals surface area contributed by atoms with E-state index in [0.29, 0.717) is 37.4 Å². The molecule has 1 aromatic carbocycles. The third-order valence-electron chi connectivity index (χ3n) is 4.60. The van der Waals surface area contributed by atoms with Gasteiger partial charge in [0.2, 0.25) is 5.89 Å². The van der Waals surface area contributed by atoms with Gasteiger partial charge in [0, 0.05) is 31.0 Å². The van der Waals surface area contributed by atoms with E-state index < -0.39 is 0 Å². The van der Waals surface area contributed by atoms with Crippen molar-refractivity contribution in [2.75, 3.05) is 20.3 Å². The molecule has 9 heteroatoms. The topological polar surface area (TPSA) is 93.8 Å². The molecule has 1 atom stereocenters. The van der Waals surface area contributed by atoms with Crippen molar-refractivity contribution in [3.8, 4) is 5.75 Å². The van der Waals surface area contributed by atoms with E-state index >= 15 is 0 Å². The van der Waals surface area contributed by atoms with Gasteiger partial charge in [-0.2, -0.15) is 4.98 Å². The number of benzene rings is 1. The number of guanidine groups is 1. The number of nitrogens with zero attached hydrogens (tertiary/aromatic N) is 3. The Morgan fingerprint density at radius 2 is 2.03 bits per heavy atom. The Morgan fingerprint density at radius 1 is 1.27 bits per heavy atom. The molecule has 166 valence electrons. The van der Waals surface area contributed by atoms with Gasteiger partial charge in [-0.15, -0.1) is 24.0 Å². The van der Waals surface area contributed by atoms with Crippen molar-refractivity contribution in [3.05, 3.63) is 41.0 Å². The van der Waals surface area contributed by atoms with Gasteiger partial charge in [0.05, 0.1) is 19.8 Å². The minimum atomic E-state index is -0.169. The first-order valence-corrected chi connectivity index (χ1v) is 9.96. The van der Waals surface area contributed by atoms with Crippen LogP contribution in [-0.4, -0.2) is 42.5 Å². The van der Waals surface area contributed by atoms with Gasteiger partial charge in [-0.3, -0.25) is 4.99 Å². The third-order valence-corrected chi connectivity index (χ3v) is 4.60. The predicted molar refractivity (Wildman–Crippen MR) is 126 cm³/mol. The Balaban J connectivity index is 0.00000320. The highest BCUT2D eigenvalue weighted by atomic mass is 127. The van der Waals surface area contributed by atoms with E-state index in [1.54, 1.807) is 7.05 Å². The van der Waals surface area contributed by atoms with Crippen LogP contribution in [0.15, 0.2) is 27.7 Å². The Kier molecular flexibility index (Phi) is 8.90. The van der Waals surface area contributed by atoms with Crippen LogP contribution in [0.5, 0.6) is 5.75 Å². The molecule has 0 bridgehead atoms. The van der Waals surface area contributed by atoms with E-state index in [1.807, 2.05) is 20.8 Å². The second-order valence-corrected chi connectivity index (χ2v) is 8.26. The predicted octanol–water partition coefficient (Wildman–Crippen LogP) is 3.33. The number of hydrogen-bond acceptors (Lipinski definition) is 6. The molecular formula is C21H32IN5O3. The van der Waals surface area contributed by atoms with Crippen molar-refractivity contribution < 1.29 is 14.0 Å². The smallest absolute Gasteiger partial charge is 0.232 e. The number of nitrogens with one attached hydrogen (secondary N) is 2. The van der Waals surface area contributed by atoms with E-state index in [-0.39, 0.29) is 35.5 Å². The molecule has 1 fully saturated rings. The summed E-state index contributed by atoms with van der Waals surface area (Å²) in [6.07, 6.45) is 1.04. The normalized spacial score (nSPS) is 16.8. The quantitative estimate of drug-likeness (QED) is 0.337. The first-order chi connectivity index (χ1) is 13.8. The van der Waals surface area contributed by atoms with Gasteiger partial charge < -0.3 is 24.6 Å². The summed E-state index contributed by atoms with van der Waals surface area (Å²) >= 11 is 0. The lowest BCUT2D eigenvalue weighted by Crippen LogP contribution is -2.36. The molecule has 0 aliphatic carbocycles. The van der Waals surface area contributed by atoms with E-state index in [4.69, 9.17) is 14.0 Å². The Bertz CT molecular complexity index is 841. The fourth-order valence-corrected chi connectivity index (χ4v) is 2.90. The molecule has 2 N–H and O–H groups in total. The van der Waals surface area contributed by atoms with Crippen molar-refractivity contribution in [1.82, 2.24) is 20.8 Å². The van der Waals surface area contributed by atoms with Crippen molar-refractivity contribution in [1.29, 1.82) is 0 Å². The second kappa shape index (κ2) is 10.9. The third kappa shape index (κ3) is 6.83. The van der Waals surface area contributed by atoms with Crippen molar-refractivity contribution in [2.24, 2.45) is 4.99 Å². The maximum atomic E-state index is 6.16. The summed E-state index contributed by atoms with van der Waals surface area (Å²) in [6.45, 7) is 10.6. The average molecular weight is 529 g/mol. The SMILES string of the molecule is CN=C(NCc1noc(C(C)(C)C)n1)NCc1ccc(C)cc1OC1CCOC1.I. The van der Waals surface area contributed by atoms with Gasteiger partial charge in [-0.1, -0.05) is 38.1 Å². The van der Waals surface area contributed by atoms with E-state index in [0.717, 1.165) is 29.9 Å². The van der Waals surface area contributed by atoms with Gasteiger partial charge in [0.25, 0.3) is 0 Å². The molecule has 3 rings (SSSR count). The van der Waals surface area contributed by atoms with Crippen molar-refractivity contribution in [3.63, 3.8) is 0 Å². The molecule has 8 nitrogen and oxygen atoms in total. The van der Waals surface area contributed by atoms with Crippen LogP contribution in [0.2, 0.25) is 0 Å². The van der Waals surface area contributed by atoms with Crippen LogP contribution in [0.25, 0.3) is 0 Å². The lowest BCUT2D eigenvalue weighted by molar-refractivity contribution is 0.140. The van der Waals surface area contributed by atoms with Crippen LogP contribution < -0.4 is 15.4 Å². The molecule has 0 saturated carbocycles. The summed E-state index contributed by atoms with van der Waals surface area (Å²) < 4.78 is 16.9. The number of aryl methyl sites for hydroxylation is 1. The molecule has 0 spiro atoms. The first kappa shape index (κ1) is 24.4. The number of rotatable bonds is 6. The first-order valence-electron chi connectivity index (χ1n) is 9.96. The fourth-order valence-electron chi connectivity index (χ4n) is 2.90. The van der Waals surface area contributed by atoms with Gasteiger partial charge in [-0.25, -0.2) is 0 Å². The van der Waals surface area contributed by atoms with E-state index in [9.17, 15) is 0 Å². The van der Waals surface area contributed by atoms with Crippen molar-refractivity contribution in [2.45, 2.75) is 58.7 Å². The number of aliphatic imine (C=N–C) groups is 1. The molecular weight excluding hydrogens is 497 g/mol. The summed E-state index contributed by atoms with van der Waals surface area (Å²) in [5.74, 6) is 2.76. The van der Waals surface area contributed by atoms with Gasteiger partial charge >= 0.3 is 0 Å². The van der Waals surface area contributed by atoms with E-state index in [1.165, 1.54) is 0 Å². The summed E-state index contributed by atoms with van der Waals surface area (Å²) in [4.78, 5) is 8.70. The summed E-state index contributed by atoms with van der Waals surface area (Å²) in [7, 11) is 1.73. The minimum Gasteiger partial charge on any atom is -0.488 e. The van der Waals surface area contributed by atoms with Crippen molar-refractivity contribution >= 4 is 29.9 Å². The molecule has 2 aromatic rings. The molecule has 1 aromatic heterocycles. The fraction of sp³-hybridized carbons (Fsp3) is 0.571. The molecule has 0 radical (unpaired) electrons. The zero-order chi connectivity index (χ0) is 20.9. The zero-order valence-electron chi connectivity index (χ0n) is 18.3. The Hall–Kier alpha value is -1.88. The zero-order valence-corrected chi connectivity index (χ0v) is 20.6. The highest BCUT2D eigenvalue weighted by Gasteiger charge is 2.22. The number of hydrogen-bond donors (Lipinski definition) is 2. The van der Waals surface area contributed by atoms with Crippen LogP contribution in [0.3, 0.4) is 0 Å². The average Bonchev–Trinajstić information content (AvgIpc) is 3.35. The molecule has 1 aliphatic rings. The molecule has 1 saturated heterocycles. The number of aromatic nitrogens is 2. The Morgan fingerprint density at radius 3 is 2.67 bits per heavy atom. The van der Waals surface area contributed by atoms with Crippen LogP contribution in [-0.2, 0) is 23.2 Å². The van der Waals surface area contributed by atoms with Crippen LogP contribution >= 0.6 is 24.0 Å². The Labute approximate surface area is 195 Å². The second-order valence-electron chi connectivity index (χ2n) is 8.26. The molecule has 0 amide bonds. The monoisotopic (exact) mass is 529 g/mol.